The van der Waals surface area contributed by atoms with Gasteiger partial charge >= 0.3 is 6.03 Å². The molecule has 15 heteroatoms. The summed E-state index contributed by atoms with van der Waals surface area (Å²) in [5, 5.41) is 16.9. The van der Waals surface area contributed by atoms with Gasteiger partial charge in [-0.25, -0.2) is 14.2 Å². The van der Waals surface area contributed by atoms with E-state index in [1.165, 1.54) is 17.9 Å². The Kier molecular flexibility index (Phi) is 7.59. The monoisotopic (exact) mass is 603 g/mol. The summed E-state index contributed by atoms with van der Waals surface area (Å²) in [4.78, 5) is 61.7. The molecule has 228 valence electrons. The Bertz CT molecular complexity index is 1650. The number of nitrogens with zero attached hydrogens (tertiary/aromatic N) is 3. The highest BCUT2D eigenvalue weighted by atomic mass is 19.1. The number of nitrogens with one attached hydrogen (secondary N) is 6. The van der Waals surface area contributed by atoms with Gasteiger partial charge in [-0.15, -0.1) is 0 Å². The Morgan fingerprint density at radius 2 is 1.68 bits per heavy atom. The maximum absolute atomic E-state index is 14.7. The minimum Gasteiger partial charge on any atom is -0.466 e. The lowest BCUT2D eigenvalue weighted by molar-refractivity contribution is -0.146. The summed E-state index contributed by atoms with van der Waals surface area (Å²) < 4.78 is 20.5. The van der Waals surface area contributed by atoms with Gasteiger partial charge in [0.25, 0.3) is 17.4 Å². The van der Waals surface area contributed by atoms with Gasteiger partial charge in [-0.3, -0.25) is 14.4 Å². The Morgan fingerprint density at radius 3 is 2.52 bits per heavy atom. The second-order valence-corrected chi connectivity index (χ2v) is 10.7. The number of hydrogen-bond acceptors (Lipinski definition) is 9. The van der Waals surface area contributed by atoms with Crippen LogP contribution >= 0.6 is 0 Å². The molecule has 6 N–H and O–H groups in total. The van der Waals surface area contributed by atoms with E-state index in [2.05, 4.69) is 41.9 Å². The number of carbonyl (C=O) groups excluding carboxylic acids is 4. The van der Waals surface area contributed by atoms with Gasteiger partial charge in [-0.05, 0) is 62.6 Å². The van der Waals surface area contributed by atoms with Crippen LogP contribution in [-0.4, -0.2) is 69.9 Å². The van der Waals surface area contributed by atoms with Crippen LogP contribution in [0.3, 0.4) is 0 Å². The Labute approximate surface area is 251 Å². The molecule has 5 heterocycles. The van der Waals surface area contributed by atoms with E-state index in [1.54, 1.807) is 36.4 Å². The first-order valence-electron chi connectivity index (χ1n) is 14.1. The van der Waals surface area contributed by atoms with Crippen molar-refractivity contribution in [2.24, 2.45) is 0 Å². The van der Waals surface area contributed by atoms with Gasteiger partial charge in [0.2, 0.25) is 11.9 Å². The number of rotatable bonds is 0. The molecule has 1 unspecified atom stereocenters. The average Bonchev–Trinajstić information content (AvgIpc) is 3.50. The van der Waals surface area contributed by atoms with Gasteiger partial charge in [-0.2, -0.15) is 4.98 Å². The number of hydrogen-bond donors (Lipinski definition) is 6. The standard InChI is InChI=1S/C29H30FN9O5/c1-29-25(41)32-11-4-10-31-24(40)21-7-3-12-39(21)28(43)36-17-6-2-5-16(13-17)35-27-33-15-19(30)23(38-27)34-18-8-9-22(44-29)20(14-18)37-26(29)42/h2,5-6,8-9,13-15,21H,3-4,7,10-12H2,1H3,(H,31,40)(H,32,41)(H,36,43)(H,37,42)(H2,33,34,35,38)/t21-,29?/m0/s1. The summed E-state index contributed by atoms with van der Waals surface area (Å²) in [6.07, 6.45) is 2.58. The third-order valence-corrected chi connectivity index (χ3v) is 7.54. The maximum atomic E-state index is 14.7. The zero-order valence-corrected chi connectivity index (χ0v) is 23.7. The van der Waals surface area contributed by atoms with E-state index >= 15 is 0 Å². The van der Waals surface area contributed by atoms with E-state index in [0.717, 1.165) is 6.20 Å². The Hall–Kier alpha value is -5.47. The van der Waals surface area contributed by atoms with Crippen LogP contribution in [0.5, 0.6) is 5.75 Å². The summed E-state index contributed by atoms with van der Waals surface area (Å²) in [5.41, 5.74) is -0.165. The Balaban J connectivity index is 1.29. The van der Waals surface area contributed by atoms with Gasteiger partial charge in [0.05, 0.1) is 11.9 Å². The van der Waals surface area contributed by atoms with E-state index in [-0.39, 0.29) is 42.2 Å². The zero-order chi connectivity index (χ0) is 30.8. The molecule has 4 aliphatic heterocycles. The van der Waals surface area contributed by atoms with E-state index < -0.39 is 35.3 Å². The molecule has 44 heavy (non-hydrogen) atoms. The van der Waals surface area contributed by atoms with Gasteiger partial charge in [0.15, 0.2) is 11.6 Å². The minimum absolute atomic E-state index is 0.0792. The van der Waals surface area contributed by atoms with Crippen molar-refractivity contribution in [2.75, 3.05) is 40.9 Å². The van der Waals surface area contributed by atoms with Crippen LogP contribution in [0.2, 0.25) is 0 Å². The van der Waals surface area contributed by atoms with Crippen molar-refractivity contribution in [2.45, 2.75) is 37.8 Å². The van der Waals surface area contributed by atoms with Crippen LogP contribution in [0.15, 0.2) is 48.7 Å². The smallest absolute Gasteiger partial charge is 0.322 e. The number of carbonyl (C=O) groups is 4. The average molecular weight is 604 g/mol. The van der Waals surface area contributed by atoms with Crippen molar-refractivity contribution in [3.63, 3.8) is 0 Å². The molecule has 3 aromatic rings. The third-order valence-electron chi connectivity index (χ3n) is 7.54. The second kappa shape index (κ2) is 11.7. The largest absolute Gasteiger partial charge is 0.466 e. The van der Waals surface area contributed by atoms with Gasteiger partial charge in [-0.1, -0.05) is 6.07 Å². The molecule has 2 atom stereocenters. The van der Waals surface area contributed by atoms with Crippen molar-refractivity contribution in [3.05, 3.63) is 54.5 Å². The quantitative estimate of drug-likeness (QED) is 0.211. The molecule has 5 amide bonds. The third kappa shape index (κ3) is 5.75. The molecule has 1 aromatic heterocycles. The molecule has 4 aliphatic rings. The number of benzene rings is 2. The van der Waals surface area contributed by atoms with Crippen molar-refractivity contribution in [3.8, 4) is 5.75 Å². The summed E-state index contributed by atoms with van der Waals surface area (Å²) in [7, 11) is 0. The van der Waals surface area contributed by atoms with Crippen molar-refractivity contribution >= 4 is 58.3 Å². The highest BCUT2D eigenvalue weighted by Crippen LogP contribution is 2.36. The van der Waals surface area contributed by atoms with E-state index in [1.807, 2.05) is 0 Å². The summed E-state index contributed by atoms with van der Waals surface area (Å²) in [5.74, 6) is -2.15. The van der Waals surface area contributed by atoms with Crippen LogP contribution in [0.25, 0.3) is 0 Å². The predicted molar refractivity (Wildman–Crippen MR) is 158 cm³/mol. The molecule has 1 saturated heterocycles. The lowest BCUT2D eigenvalue weighted by atomic mass is 10.0. The summed E-state index contributed by atoms with van der Waals surface area (Å²) in [6, 6.07) is 10.4. The molecule has 1 fully saturated rings. The van der Waals surface area contributed by atoms with Crippen LogP contribution in [0.4, 0.5) is 43.7 Å². The van der Waals surface area contributed by atoms with Crippen molar-refractivity contribution in [1.82, 2.24) is 25.5 Å². The molecule has 0 radical (unpaired) electrons. The molecule has 14 nitrogen and oxygen atoms in total. The number of amides is 5. The maximum Gasteiger partial charge on any atom is 0.322 e. The topological polar surface area (TPSA) is 179 Å². The molecule has 0 saturated carbocycles. The molecule has 2 aromatic carbocycles. The fraction of sp³-hybridized carbons (Fsp3) is 0.310. The molecule has 8 bridgehead atoms. The summed E-state index contributed by atoms with van der Waals surface area (Å²) >= 11 is 0. The highest BCUT2D eigenvalue weighted by Gasteiger charge is 2.47. The van der Waals surface area contributed by atoms with Crippen LogP contribution in [0.1, 0.15) is 26.2 Å². The number of anilines is 6. The zero-order valence-electron chi connectivity index (χ0n) is 23.7. The van der Waals surface area contributed by atoms with Crippen LogP contribution in [0, 0.1) is 5.82 Å². The van der Waals surface area contributed by atoms with Crippen LogP contribution < -0.4 is 36.6 Å². The van der Waals surface area contributed by atoms with Gasteiger partial charge in [0.1, 0.15) is 11.8 Å². The first-order chi connectivity index (χ1) is 21.2. The number of aromatic nitrogens is 2. The molecular weight excluding hydrogens is 573 g/mol. The van der Waals surface area contributed by atoms with E-state index in [4.69, 9.17) is 4.74 Å². The van der Waals surface area contributed by atoms with Gasteiger partial charge < -0.3 is 41.5 Å². The molecule has 7 rings (SSSR count). The summed E-state index contributed by atoms with van der Waals surface area (Å²) in [6.45, 7) is 2.21. The Morgan fingerprint density at radius 1 is 0.909 bits per heavy atom. The SMILES string of the molecule is CC12Oc3ccc(cc3NC1=O)Nc1nc(ncc1F)Nc1cccc(c1)NC(=O)N1CCC[C@H]1C(=O)NCCCNC2=O. The van der Waals surface area contributed by atoms with Crippen molar-refractivity contribution < 1.29 is 28.3 Å². The lowest BCUT2D eigenvalue weighted by Gasteiger charge is -2.33. The number of halogens is 1. The number of fused-ring (bicyclic) bond motifs is 9. The first kappa shape index (κ1) is 28.6. The molecular formula is C29H30FN9O5. The second-order valence-electron chi connectivity index (χ2n) is 10.7. The fourth-order valence-corrected chi connectivity index (χ4v) is 5.17. The lowest BCUT2D eigenvalue weighted by Crippen LogP contribution is -2.59. The van der Waals surface area contributed by atoms with Gasteiger partial charge in [0, 0.05) is 36.7 Å². The van der Waals surface area contributed by atoms with Crippen LogP contribution in [-0.2, 0) is 14.4 Å². The molecule has 0 spiro atoms. The van der Waals surface area contributed by atoms with Crippen molar-refractivity contribution in [1.29, 1.82) is 0 Å². The minimum atomic E-state index is -1.84. The first-order valence-corrected chi connectivity index (χ1v) is 14.1. The van der Waals surface area contributed by atoms with E-state index in [0.29, 0.717) is 42.9 Å². The highest BCUT2D eigenvalue weighted by molar-refractivity contribution is 6.15. The predicted octanol–water partition coefficient (Wildman–Crippen LogP) is 2.82. The fourth-order valence-electron chi connectivity index (χ4n) is 5.17. The van der Waals surface area contributed by atoms with E-state index in [9.17, 15) is 23.6 Å². The normalized spacial score (nSPS) is 22.1. The molecule has 0 aliphatic carbocycles. The number of urea groups is 1. The number of ether oxygens (including phenoxy) is 1.